The summed E-state index contributed by atoms with van der Waals surface area (Å²) in [6.45, 7) is 0.635. The van der Waals surface area contributed by atoms with Gasteiger partial charge in [0.1, 0.15) is 13.2 Å². The molecule has 0 aromatic carbocycles. The molecule has 64 valence electrons. The molecule has 0 aliphatic rings. The van der Waals surface area contributed by atoms with E-state index in [1.165, 1.54) is 0 Å². The van der Waals surface area contributed by atoms with E-state index in [0.29, 0.717) is 13.2 Å². The molecule has 0 atom stereocenters. The van der Waals surface area contributed by atoms with Crippen molar-refractivity contribution in [2.24, 2.45) is 10.7 Å². The third-order valence-corrected chi connectivity index (χ3v) is 1.08. The second-order valence-corrected chi connectivity index (χ2v) is 1.88. The van der Waals surface area contributed by atoms with Crippen LogP contribution in [0.3, 0.4) is 0 Å². The SMILES string of the molecule is O=NOCCCCCON=O. The van der Waals surface area contributed by atoms with Gasteiger partial charge in [-0.15, -0.1) is 9.81 Å². The van der Waals surface area contributed by atoms with Crippen LogP contribution in [0.4, 0.5) is 0 Å². The summed E-state index contributed by atoms with van der Waals surface area (Å²) >= 11 is 0. The van der Waals surface area contributed by atoms with Gasteiger partial charge in [0.25, 0.3) is 0 Å². The van der Waals surface area contributed by atoms with Crippen LogP contribution in [0.2, 0.25) is 0 Å². The van der Waals surface area contributed by atoms with Crippen molar-refractivity contribution in [3.05, 3.63) is 9.81 Å². The Balaban J connectivity index is 2.79. The fraction of sp³-hybridized carbons (Fsp3) is 1.00. The molecule has 6 heteroatoms. The van der Waals surface area contributed by atoms with Crippen LogP contribution in [-0.2, 0) is 9.68 Å². The highest BCUT2D eigenvalue weighted by Crippen LogP contribution is 1.96. The summed E-state index contributed by atoms with van der Waals surface area (Å²) in [4.78, 5) is 27.1. The van der Waals surface area contributed by atoms with E-state index in [1.807, 2.05) is 0 Å². The van der Waals surface area contributed by atoms with Gasteiger partial charge in [0.15, 0.2) is 10.7 Å². The van der Waals surface area contributed by atoms with Crippen molar-refractivity contribution in [2.75, 3.05) is 13.2 Å². The van der Waals surface area contributed by atoms with Gasteiger partial charge in [0, 0.05) is 0 Å². The summed E-state index contributed by atoms with van der Waals surface area (Å²) in [5.74, 6) is 0. The zero-order valence-corrected chi connectivity index (χ0v) is 6.06. The lowest BCUT2D eigenvalue weighted by molar-refractivity contribution is 0.119. The van der Waals surface area contributed by atoms with E-state index in [4.69, 9.17) is 0 Å². The van der Waals surface area contributed by atoms with Gasteiger partial charge >= 0.3 is 0 Å². The highest BCUT2D eigenvalue weighted by molar-refractivity contribution is 4.38. The second-order valence-electron chi connectivity index (χ2n) is 1.88. The third kappa shape index (κ3) is 8.80. The Morgan fingerprint density at radius 1 is 0.818 bits per heavy atom. The smallest absolute Gasteiger partial charge is 0.155 e. The summed E-state index contributed by atoms with van der Waals surface area (Å²) in [7, 11) is 0. The van der Waals surface area contributed by atoms with Crippen molar-refractivity contribution in [1.82, 2.24) is 0 Å². The molecule has 0 amide bonds. The van der Waals surface area contributed by atoms with E-state index in [2.05, 4.69) is 20.4 Å². The van der Waals surface area contributed by atoms with Crippen molar-refractivity contribution in [3.63, 3.8) is 0 Å². The first-order valence-electron chi connectivity index (χ1n) is 3.31. The molecule has 0 spiro atoms. The van der Waals surface area contributed by atoms with Crippen molar-refractivity contribution in [2.45, 2.75) is 19.3 Å². The molecule has 0 aromatic rings. The Labute approximate surface area is 63.7 Å². The topological polar surface area (TPSA) is 77.3 Å². The molecule has 6 nitrogen and oxygen atoms in total. The van der Waals surface area contributed by atoms with Gasteiger partial charge in [-0.25, -0.2) is 0 Å². The summed E-state index contributed by atoms with van der Waals surface area (Å²) in [5.41, 5.74) is 0. The molecule has 0 saturated heterocycles. The van der Waals surface area contributed by atoms with Crippen LogP contribution in [-0.4, -0.2) is 13.2 Å². The Hall–Kier alpha value is -1.20. The Morgan fingerprint density at radius 2 is 1.27 bits per heavy atom. The Bertz CT molecular complexity index is 96.7. The Kier molecular flexibility index (Phi) is 7.84. The predicted octanol–water partition coefficient (Wildman–Crippen LogP) is 1.55. The highest BCUT2D eigenvalue weighted by Gasteiger charge is 1.90. The van der Waals surface area contributed by atoms with Gasteiger partial charge in [-0.2, -0.15) is 0 Å². The normalized spacial score (nSPS) is 8.73. The fourth-order valence-electron chi connectivity index (χ4n) is 0.585. The zero-order valence-electron chi connectivity index (χ0n) is 6.06. The monoisotopic (exact) mass is 162 g/mol. The number of rotatable bonds is 8. The fourth-order valence-corrected chi connectivity index (χ4v) is 0.585. The summed E-state index contributed by atoms with van der Waals surface area (Å²) in [6.07, 6.45) is 2.28. The maximum Gasteiger partial charge on any atom is 0.155 e. The lowest BCUT2D eigenvalue weighted by Crippen LogP contribution is -1.91. The average Bonchev–Trinajstić information content (AvgIpc) is 2.03. The quantitative estimate of drug-likeness (QED) is 0.308. The number of nitrogens with zero attached hydrogens (tertiary/aromatic N) is 2. The van der Waals surface area contributed by atoms with Gasteiger partial charge in [-0.05, 0) is 19.3 Å². The highest BCUT2D eigenvalue weighted by atomic mass is 16.7. The van der Waals surface area contributed by atoms with Crippen LogP contribution in [0, 0.1) is 9.81 Å². The van der Waals surface area contributed by atoms with E-state index in [0.717, 1.165) is 19.3 Å². The largest absolute Gasteiger partial charge is 0.364 e. The standard InChI is InChI=1S/C5H10N2O4/c8-6-10-4-2-1-3-5-11-7-9/h1-5H2. The second kappa shape index (κ2) is 8.80. The molecular weight excluding hydrogens is 152 g/mol. The van der Waals surface area contributed by atoms with Crippen LogP contribution < -0.4 is 0 Å². The van der Waals surface area contributed by atoms with E-state index in [1.54, 1.807) is 0 Å². The Morgan fingerprint density at radius 3 is 1.64 bits per heavy atom. The minimum atomic E-state index is 0.317. The summed E-state index contributed by atoms with van der Waals surface area (Å²) in [6, 6.07) is 0. The lowest BCUT2D eigenvalue weighted by atomic mass is 10.2. The molecule has 0 saturated carbocycles. The lowest BCUT2D eigenvalue weighted by Gasteiger charge is -1.95. The summed E-state index contributed by atoms with van der Waals surface area (Å²) < 4.78 is 0. The van der Waals surface area contributed by atoms with Gasteiger partial charge in [-0.3, -0.25) is 0 Å². The first-order chi connectivity index (χ1) is 5.41. The number of unbranched alkanes of at least 4 members (excludes halogenated alkanes) is 2. The minimum absolute atomic E-state index is 0.317. The van der Waals surface area contributed by atoms with Crippen LogP contribution in [0.15, 0.2) is 10.7 Å². The first kappa shape index (κ1) is 9.80. The van der Waals surface area contributed by atoms with E-state index >= 15 is 0 Å². The van der Waals surface area contributed by atoms with Gasteiger partial charge < -0.3 is 9.68 Å². The van der Waals surface area contributed by atoms with Crippen molar-refractivity contribution in [3.8, 4) is 0 Å². The summed E-state index contributed by atoms with van der Waals surface area (Å²) in [5, 5.41) is 4.44. The number of hydrogen-bond acceptors (Lipinski definition) is 6. The van der Waals surface area contributed by atoms with Gasteiger partial charge in [0.2, 0.25) is 0 Å². The van der Waals surface area contributed by atoms with Crippen LogP contribution in [0.5, 0.6) is 0 Å². The molecule has 0 rings (SSSR count). The van der Waals surface area contributed by atoms with Crippen LogP contribution in [0.1, 0.15) is 19.3 Å². The van der Waals surface area contributed by atoms with Crippen molar-refractivity contribution >= 4 is 0 Å². The maximum absolute atomic E-state index is 9.39. The molecule has 11 heavy (non-hydrogen) atoms. The number of hydrogen-bond donors (Lipinski definition) is 0. The first-order valence-corrected chi connectivity index (χ1v) is 3.31. The van der Waals surface area contributed by atoms with Crippen molar-refractivity contribution < 1.29 is 9.68 Å². The minimum Gasteiger partial charge on any atom is -0.364 e. The molecule has 0 heterocycles. The van der Waals surface area contributed by atoms with E-state index in [-0.39, 0.29) is 0 Å². The predicted molar refractivity (Wildman–Crippen MR) is 37.3 cm³/mol. The molecule has 0 unspecified atom stereocenters. The van der Waals surface area contributed by atoms with E-state index < -0.39 is 0 Å². The average molecular weight is 162 g/mol. The zero-order chi connectivity index (χ0) is 8.36. The maximum atomic E-state index is 9.39. The molecule has 0 radical (unpaired) electrons. The third-order valence-electron chi connectivity index (χ3n) is 1.08. The van der Waals surface area contributed by atoms with Gasteiger partial charge in [0.05, 0.1) is 0 Å². The molecule has 0 aromatic heterocycles. The van der Waals surface area contributed by atoms with Crippen LogP contribution in [0.25, 0.3) is 0 Å². The van der Waals surface area contributed by atoms with Gasteiger partial charge in [-0.1, -0.05) is 0 Å². The van der Waals surface area contributed by atoms with E-state index in [9.17, 15) is 9.81 Å². The molecule has 0 fully saturated rings. The van der Waals surface area contributed by atoms with Crippen molar-refractivity contribution in [1.29, 1.82) is 0 Å². The molecule has 0 aliphatic carbocycles. The molecule has 0 aliphatic heterocycles. The molecule has 0 N–H and O–H groups in total. The van der Waals surface area contributed by atoms with Crippen LogP contribution >= 0.6 is 0 Å². The molecule has 0 bridgehead atoms. The molecular formula is C5H10N2O4.